The molecule has 0 aliphatic carbocycles. The SMILES string of the molecule is CCC(C)C(NC(=O)OC(C)(C)C)C(=O)NCCN(C(=O)C(Cl)Cl)c1cccc(-c2ccno2)c1. The van der Waals surface area contributed by atoms with Gasteiger partial charge in [-0.3, -0.25) is 9.59 Å². The van der Waals surface area contributed by atoms with Crippen molar-refractivity contribution in [3.63, 3.8) is 0 Å². The molecule has 0 fully saturated rings. The summed E-state index contributed by atoms with van der Waals surface area (Å²) in [5.74, 6) is -0.539. The van der Waals surface area contributed by atoms with Crippen LogP contribution in [0, 0.1) is 5.92 Å². The van der Waals surface area contributed by atoms with Gasteiger partial charge < -0.3 is 24.8 Å². The zero-order valence-electron chi connectivity index (χ0n) is 20.5. The van der Waals surface area contributed by atoms with Crippen LogP contribution in [0.2, 0.25) is 0 Å². The van der Waals surface area contributed by atoms with Gasteiger partial charge in [0.1, 0.15) is 11.6 Å². The Hall–Kier alpha value is -2.78. The Morgan fingerprint density at radius 1 is 1.20 bits per heavy atom. The molecular weight excluding hydrogens is 495 g/mol. The van der Waals surface area contributed by atoms with E-state index < -0.39 is 28.5 Å². The largest absolute Gasteiger partial charge is 0.444 e. The van der Waals surface area contributed by atoms with Crippen molar-refractivity contribution in [2.45, 2.75) is 57.5 Å². The van der Waals surface area contributed by atoms with Crippen LogP contribution in [0.4, 0.5) is 10.5 Å². The van der Waals surface area contributed by atoms with E-state index >= 15 is 0 Å². The maximum absolute atomic E-state index is 12.9. The van der Waals surface area contributed by atoms with Crippen LogP contribution in [-0.4, -0.2) is 52.6 Å². The van der Waals surface area contributed by atoms with Crippen LogP contribution >= 0.6 is 23.2 Å². The van der Waals surface area contributed by atoms with Crippen molar-refractivity contribution in [3.05, 3.63) is 36.5 Å². The molecule has 192 valence electrons. The van der Waals surface area contributed by atoms with Gasteiger partial charge in [-0.2, -0.15) is 0 Å². The first-order chi connectivity index (χ1) is 16.4. The summed E-state index contributed by atoms with van der Waals surface area (Å²) < 4.78 is 10.5. The van der Waals surface area contributed by atoms with E-state index in [-0.39, 0.29) is 24.9 Å². The number of hydrogen-bond acceptors (Lipinski definition) is 6. The highest BCUT2D eigenvalue weighted by molar-refractivity contribution is 6.54. The number of rotatable bonds is 10. The van der Waals surface area contributed by atoms with Gasteiger partial charge in [0.15, 0.2) is 10.6 Å². The first kappa shape index (κ1) is 28.5. The lowest BCUT2D eigenvalue weighted by molar-refractivity contribution is -0.124. The van der Waals surface area contributed by atoms with Gasteiger partial charge >= 0.3 is 6.09 Å². The summed E-state index contributed by atoms with van der Waals surface area (Å²) in [5, 5.41) is 9.13. The van der Waals surface area contributed by atoms with E-state index in [1.165, 1.54) is 11.1 Å². The highest BCUT2D eigenvalue weighted by Crippen LogP contribution is 2.25. The van der Waals surface area contributed by atoms with Crippen LogP contribution in [0.5, 0.6) is 0 Å². The molecule has 3 amide bonds. The number of carbonyl (C=O) groups is 3. The summed E-state index contributed by atoms with van der Waals surface area (Å²) in [6.07, 6.45) is 1.51. The van der Waals surface area contributed by atoms with Gasteiger partial charge in [0.05, 0.1) is 6.20 Å². The molecule has 1 aromatic heterocycles. The fraction of sp³-hybridized carbons (Fsp3) is 0.500. The molecule has 2 rings (SSSR count). The lowest BCUT2D eigenvalue weighted by atomic mass is 9.98. The van der Waals surface area contributed by atoms with Gasteiger partial charge in [0.25, 0.3) is 5.91 Å². The van der Waals surface area contributed by atoms with Crippen molar-refractivity contribution in [1.82, 2.24) is 15.8 Å². The lowest BCUT2D eigenvalue weighted by Gasteiger charge is -2.27. The number of carbonyl (C=O) groups excluding carboxylic acids is 3. The molecule has 0 saturated heterocycles. The fourth-order valence-corrected chi connectivity index (χ4v) is 3.45. The number of benzene rings is 1. The third kappa shape index (κ3) is 8.74. The number of amides is 3. The summed E-state index contributed by atoms with van der Waals surface area (Å²) in [4.78, 5) is 38.0. The van der Waals surface area contributed by atoms with Crippen molar-refractivity contribution in [3.8, 4) is 11.3 Å². The molecule has 0 radical (unpaired) electrons. The van der Waals surface area contributed by atoms with Crippen LogP contribution in [0.3, 0.4) is 0 Å². The van der Waals surface area contributed by atoms with Crippen molar-refractivity contribution in [2.24, 2.45) is 5.92 Å². The molecule has 0 bridgehead atoms. The zero-order valence-corrected chi connectivity index (χ0v) is 22.0. The molecule has 0 aliphatic rings. The number of nitrogens with zero attached hydrogens (tertiary/aromatic N) is 2. The van der Waals surface area contributed by atoms with E-state index in [2.05, 4.69) is 15.8 Å². The molecule has 2 atom stereocenters. The minimum Gasteiger partial charge on any atom is -0.444 e. The topological polar surface area (TPSA) is 114 Å². The highest BCUT2D eigenvalue weighted by Gasteiger charge is 2.29. The molecule has 1 aromatic carbocycles. The van der Waals surface area contributed by atoms with Gasteiger partial charge in [-0.05, 0) is 38.8 Å². The Morgan fingerprint density at radius 2 is 1.91 bits per heavy atom. The average Bonchev–Trinajstić information content (AvgIpc) is 3.33. The normalized spacial score (nSPS) is 13.1. The average molecular weight is 527 g/mol. The summed E-state index contributed by atoms with van der Waals surface area (Å²) in [7, 11) is 0. The molecule has 0 spiro atoms. The van der Waals surface area contributed by atoms with Gasteiger partial charge in [0, 0.05) is 30.4 Å². The van der Waals surface area contributed by atoms with Gasteiger partial charge in [-0.15, -0.1) is 0 Å². The number of hydrogen-bond donors (Lipinski definition) is 2. The first-order valence-electron chi connectivity index (χ1n) is 11.3. The number of alkyl halides is 2. The quantitative estimate of drug-likeness (QED) is 0.439. The van der Waals surface area contributed by atoms with Gasteiger partial charge in [0.2, 0.25) is 5.91 Å². The number of aromatic nitrogens is 1. The van der Waals surface area contributed by atoms with E-state index in [1.54, 1.807) is 45.0 Å². The van der Waals surface area contributed by atoms with Crippen molar-refractivity contribution < 1.29 is 23.6 Å². The maximum atomic E-state index is 12.9. The molecule has 11 heteroatoms. The molecule has 1 heterocycles. The monoisotopic (exact) mass is 526 g/mol. The van der Waals surface area contributed by atoms with E-state index in [0.717, 1.165) is 0 Å². The van der Waals surface area contributed by atoms with Gasteiger partial charge in [-0.25, -0.2) is 4.79 Å². The summed E-state index contributed by atoms with van der Waals surface area (Å²) in [5.41, 5.74) is 0.539. The van der Waals surface area contributed by atoms with Crippen LogP contribution in [0.1, 0.15) is 41.0 Å². The number of nitrogens with one attached hydrogen (secondary N) is 2. The standard InChI is InChI=1S/C24H32Cl2N4O5/c1-6-15(2)19(29-23(33)34-24(3,4)5)21(31)27-12-13-30(22(32)20(25)26)17-9-7-8-16(14-17)18-10-11-28-35-18/h7-11,14-15,19-20H,6,12-13H2,1-5H3,(H,27,31)(H,29,33). The van der Waals surface area contributed by atoms with Crippen molar-refractivity contribution >= 4 is 46.8 Å². The van der Waals surface area contributed by atoms with E-state index in [4.69, 9.17) is 32.5 Å². The summed E-state index contributed by atoms with van der Waals surface area (Å²) in [6, 6.07) is 7.93. The van der Waals surface area contributed by atoms with E-state index in [9.17, 15) is 14.4 Å². The Kier molecular flexibility index (Phi) is 10.4. The molecule has 2 aromatic rings. The predicted molar refractivity (Wildman–Crippen MR) is 135 cm³/mol. The number of ether oxygens (including phenoxy) is 1. The molecule has 9 nitrogen and oxygen atoms in total. The summed E-state index contributed by atoms with van der Waals surface area (Å²) in [6.45, 7) is 9.21. The Balaban J connectivity index is 2.12. The number of alkyl carbamates (subject to hydrolysis) is 1. The van der Waals surface area contributed by atoms with E-state index in [0.29, 0.717) is 23.4 Å². The third-order valence-corrected chi connectivity index (χ3v) is 5.51. The van der Waals surface area contributed by atoms with Crippen LogP contribution in [-0.2, 0) is 14.3 Å². The second-order valence-corrected chi connectivity index (χ2v) is 10.1. The highest BCUT2D eigenvalue weighted by atomic mass is 35.5. The molecule has 2 N–H and O–H groups in total. The molecule has 35 heavy (non-hydrogen) atoms. The minimum atomic E-state index is -1.29. The molecule has 0 aliphatic heterocycles. The van der Waals surface area contributed by atoms with E-state index in [1.807, 2.05) is 19.9 Å². The van der Waals surface area contributed by atoms with Crippen molar-refractivity contribution in [2.75, 3.05) is 18.0 Å². The zero-order chi connectivity index (χ0) is 26.2. The fourth-order valence-electron chi connectivity index (χ4n) is 3.21. The number of halogens is 2. The first-order valence-corrected chi connectivity index (χ1v) is 12.2. The predicted octanol–water partition coefficient (Wildman–Crippen LogP) is 4.53. The molecule has 0 saturated carbocycles. The minimum absolute atomic E-state index is 0.0973. The Labute approximate surface area is 215 Å². The molecular formula is C24H32Cl2N4O5. The lowest BCUT2D eigenvalue weighted by Crippen LogP contribution is -2.52. The third-order valence-electron chi connectivity index (χ3n) is 5.14. The maximum Gasteiger partial charge on any atom is 0.408 e. The second-order valence-electron chi connectivity index (χ2n) is 9.02. The van der Waals surface area contributed by atoms with Crippen LogP contribution in [0.25, 0.3) is 11.3 Å². The second kappa shape index (κ2) is 12.8. The summed E-state index contributed by atoms with van der Waals surface area (Å²) >= 11 is 11.7. The smallest absolute Gasteiger partial charge is 0.408 e. The van der Waals surface area contributed by atoms with Crippen molar-refractivity contribution in [1.29, 1.82) is 0 Å². The van der Waals surface area contributed by atoms with Gasteiger partial charge in [-0.1, -0.05) is 60.8 Å². The van der Waals surface area contributed by atoms with Crippen LogP contribution in [0.15, 0.2) is 41.1 Å². The Morgan fingerprint density at radius 3 is 2.49 bits per heavy atom. The number of anilines is 1. The Bertz CT molecular complexity index is 992. The molecule has 2 unspecified atom stereocenters. The van der Waals surface area contributed by atoms with Crippen LogP contribution < -0.4 is 15.5 Å².